The van der Waals surface area contributed by atoms with Gasteiger partial charge in [0.05, 0.1) is 7.11 Å². The lowest BCUT2D eigenvalue weighted by atomic mass is 10.0. The van der Waals surface area contributed by atoms with Crippen LogP contribution in [-0.2, 0) is 21.0 Å². The van der Waals surface area contributed by atoms with Gasteiger partial charge in [0.2, 0.25) is 0 Å². The maximum Gasteiger partial charge on any atom is 0.360 e. The lowest BCUT2D eigenvalue weighted by molar-refractivity contribution is -0.132. The number of methoxy groups -OCH3 is 1. The van der Waals surface area contributed by atoms with Crippen molar-refractivity contribution in [3.63, 3.8) is 0 Å². The average molecular weight is 408 g/mol. The van der Waals surface area contributed by atoms with E-state index in [2.05, 4.69) is 5.16 Å². The van der Waals surface area contributed by atoms with Crippen LogP contribution in [0.25, 0.3) is 6.08 Å². The van der Waals surface area contributed by atoms with E-state index in [1.54, 1.807) is 18.2 Å². The average Bonchev–Trinajstić information content (AvgIpc) is 2.65. The van der Waals surface area contributed by atoms with E-state index in [-0.39, 0.29) is 16.8 Å². The largest absolute Gasteiger partial charge is 0.488 e. The second-order valence-corrected chi connectivity index (χ2v) is 6.54. The van der Waals surface area contributed by atoms with Crippen LogP contribution in [0.2, 0.25) is 0 Å². The Morgan fingerprint density at radius 3 is 2.56 bits per heavy atom. The van der Waals surface area contributed by atoms with E-state index >= 15 is 0 Å². The normalized spacial score (nSPS) is 10.9. The van der Waals surface area contributed by atoms with E-state index in [9.17, 15) is 4.79 Å². The molecule has 0 radical (unpaired) electrons. The first kappa shape index (κ1) is 20.8. The molecule has 0 unspecified atom stereocenters. The van der Waals surface area contributed by atoms with Crippen molar-refractivity contribution in [2.24, 2.45) is 5.16 Å². The molecule has 0 saturated carbocycles. The second kappa shape index (κ2) is 10.00. The molecular weight excluding hydrogens is 389 g/mol. The Hall–Kier alpha value is -2.50. The van der Waals surface area contributed by atoms with Gasteiger partial charge in [-0.2, -0.15) is 0 Å². The molecule has 0 fully saturated rings. The summed E-state index contributed by atoms with van der Waals surface area (Å²) in [4.78, 5) is 16.8. The zero-order valence-electron chi connectivity index (χ0n) is 15.2. The molecule has 0 atom stereocenters. The van der Waals surface area contributed by atoms with Crippen molar-refractivity contribution in [2.75, 3.05) is 14.2 Å². The lowest BCUT2D eigenvalue weighted by Gasteiger charge is -2.13. The number of halogens is 2. The van der Waals surface area contributed by atoms with Gasteiger partial charge in [-0.3, -0.25) is 0 Å². The Labute approximate surface area is 168 Å². The van der Waals surface area contributed by atoms with Gasteiger partial charge in [-0.05, 0) is 30.7 Å². The number of oxime groups is 1. The number of hydrogen-bond acceptors (Lipinski definition) is 5. The molecule has 0 aromatic heterocycles. The number of rotatable bonds is 7. The van der Waals surface area contributed by atoms with Crippen molar-refractivity contribution in [3.8, 4) is 5.75 Å². The first-order valence-electron chi connectivity index (χ1n) is 8.00. The minimum Gasteiger partial charge on any atom is -0.488 e. The molecule has 2 rings (SSSR count). The van der Waals surface area contributed by atoms with E-state index in [0.717, 1.165) is 16.7 Å². The van der Waals surface area contributed by atoms with Gasteiger partial charge in [0.15, 0.2) is 5.71 Å². The first-order valence-corrected chi connectivity index (χ1v) is 8.75. The number of nitrogens with zero attached hydrogens (tertiary/aromatic N) is 1. The fourth-order valence-electron chi connectivity index (χ4n) is 2.45. The molecule has 0 amide bonds. The molecule has 0 saturated heterocycles. The molecule has 142 valence electrons. The van der Waals surface area contributed by atoms with Gasteiger partial charge in [-0.1, -0.05) is 64.3 Å². The summed E-state index contributed by atoms with van der Waals surface area (Å²) >= 11 is 11.6. The van der Waals surface area contributed by atoms with Crippen molar-refractivity contribution in [1.29, 1.82) is 0 Å². The number of ether oxygens (including phenoxy) is 2. The molecule has 0 aliphatic carbocycles. The summed E-state index contributed by atoms with van der Waals surface area (Å²) in [5.74, 6) is 0.00896. The Morgan fingerprint density at radius 1 is 1.15 bits per heavy atom. The Morgan fingerprint density at radius 2 is 1.89 bits per heavy atom. The van der Waals surface area contributed by atoms with Crippen LogP contribution in [0.15, 0.2) is 52.1 Å². The number of benzene rings is 2. The van der Waals surface area contributed by atoms with Crippen molar-refractivity contribution < 1.29 is 19.1 Å². The SMILES string of the molecule is CO/N=C(/C(=O)OC)c1ccccc1COc1ccc(C)cc1C=C(Cl)Cl. The van der Waals surface area contributed by atoms with Crippen molar-refractivity contribution in [2.45, 2.75) is 13.5 Å². The van der Waals surface area contributed by atoms with Crippen molar-refractivity contribution in [1.82, 2.24) is 0 Å². The smallest absolute Gasteiger partial charge is 0.360 e. The highest BCUT2D eigenvalue weighted by Crippen LogP contribution is 2.26. The number of esters is 1. The van der Waals surface area contributed by atoms with Crippen LogP contribution in [0, 0.1) is 6.92 Å². The standard InChI is InChI=1S/C20H19Cl2NO4/c1-13-8-9-17(15(10-13)11-18(21)22)27-12-14-6-4-5-7-16(14)19(23-26-3)20(24)25-2/h4-11H,12H2,1-3H3/b23-19+. The molecule has 27 heavy (non-hydrogen) atoms. The van der Waals surface area contributed by atoms with Crippen LogP contribution in [0.4, 0.5) is 0 Å². The van der Waals surface area contributed by atoms with Gasteiger partial charge in [0, 0.05) is 11.1 Å². The molecule has 0 N–H and O–H groups in total. The van der Waals surface area contributed by atoms with E-state index in [1.807, 2.05) is 37.3 Å². The predicted octanol–water partition coefficient (Wildman–Crippen LogP) is 4.87. The van der Waals surface area contributed by atoms with Gasteiger partial charge in [-0.25, -0.2) is 4.79 Å². The lowest BCUT2D eigenvalue weighted by Crippen LogP contribution is -2.19. The van der Waals surface area contributed by atoms with Crippen LogP contribution in [0.5, 0.6) is 5.75 Å². The van der Waals surface area contributed by atoms with Crippen LogP contribution < -0.4 is 4.74 Å². The van der Waals surface area contributed by atoms with Crippen LogP contribution in [-0.4, -0.2) is 25.9 Å². The van der Waals surface area contributed by atoms with Gasteiger partial charge >= 0.3 is 5.97 Å². The first-order chi connectivity index (χ1) is 13.0. The second-order valence-electron chi connectivity index (χ2n) is 5.54. The molecule has 0 aliphatic heterocycles. The van der Waals surface area contributed by atoms with Gasteiger partial charge < -0.3 is 14.3 Å². The minimum absolute atomic E-state index is 0.0621. The Kier molecular flexibility index (Phi) is 7.70. The minimum atomic E-state index is -0.600. The molecule has 0 heterocycles. The van der Waals surface area contributed by atoms with E-state index in [4.69, 9.17) is 37.5 Å². The van der Waals surface area contributed by atoms with Crippen molar-refractivity contribution in [3.05, 3.63) is 69.2 Å². The monoisotopic (exact) mass is 407 g/mol. The number of carbonyl (C=O) groups excluding carboxylic acids is 1. The maximum atomic E-state index is 12.0. The van der Waals surface area contributed by atoms with Gasteiger partial charge in [-0.15, -0.1) is 0 Å². The third-order valence-corrected chi connectivity index (χ3v) is 3.87. The highest BCUT2D eigenvalue weighted by molar-refractivity contribution is 6.57. The third-order valence-electron chi connectivity index (χ3n) is 3.65. The molecule has 0 spiro atoms. The van der Waals surface area contributed by atoms with E-state index in [1.165, 1.54) is 14.2 Å². The summed E-state index contributed by atoms with van der Waals surface area (Å²) in [6.07, 6.45) is 1.61. The van der Waals surface area contributed by atoms with Crippen LogP contribution in [0.3, 0.4) is 0 Å². The quantitative estimate of drug-likeness (QED) is 0.373. The Balaban J connectivity index is 2.34. The molecule has 5 nitrogen and oxygen atoms in total. The summed E-state index contributed by atoms with van der Waals surface area (Å²) in [6, 6.07) is 12.9. The zero-order chi connectivity index (χ0) is 19.8. The van der Waals surface area contributed by atoms with Crippen LogP contribution >= 0.6 is 23.2 Å². The molecular formula is C20H19Cl2NO4. The summed E-state index contributed by atoms with van der Waals surface area (Å²) in [6.45, 7) is 2.15. The number of carbonyl (C=O) groups is 1. The fourth-order valence-corrected chi connectivity index (χ4v) is 2.68. The summed E-state index contributed by atoms with van der Waals surface area (Å²) in [7, 11) is 2.65. The van der Waals surface area contributed by atoms with E-state index in [0.29, 0.717) is 11.3 Å². The fraction of sp³-hybridized carbons (Fsp3) is 0.200. The number of hydrogen-bond donors (Lipinski definition) is 0. The molecule has 0 aliphatic rings. The van der Waals surface area contributed by atoms with E-state index < -0.39 is 5.97 Å². The highest BCUT2D eigenvalue weighted by atomic mass is 35.5. The highest BCUT2D eigenvalue weighted by Gasteiger charge is 2.19. The number of aryl methyl sites for hydroxylation is 1. The van der Waals surface area contributed by atoms with Gasteiger partial charge in [0.1, 0.15) is 24.0 Å². The summed E-state index contributed by atoms with van der Waals surface area (Å²) in [5.41, 5.74) is 3.17. The maximum absolute atomic E-state index is 12.0. The summed E-state index contributed by atoms with van der Waals surface area (Å²) in [5, 5.41) is 3.79. The predicted molar refractivity (Wildman–Crippen MR) is 107 cm³/mol. The van der Waals surface area contributed by atoms with Crippen molar-refractivity contribution >= 4 is 41.0 Å². The third kappa shape index (κ3) is 5.74. The van der Waals surface area contributed by atoms with Gasteiger partial charge in [0.25, 0.3) is 0 Å². The molecule has 2 aromatic rings. The topological polar surface area (TPSA) is 57.1 Å². The zero-order valence-corrected chi connectivity index (χ0v) is 16.7. The molecule has 2 aromatic carbocycles. The molecule has 0 bridgehead atoms. The summed E-state index contributed by atoms with van der Waals surface area (Å²) < 4.78 is 10.9. The molecule has 7 heteroatoms. The van der Waals surface area contributed by atoms with Crippen LogP contribution in [0.1, 0.15) is 22.3 Å². The Bertz CT molecular complexity index is 874.